The first kappa shape index (κ1) is 16.5. The summed E-state index contributed by atoms with van der Waals surface area (Å²) in [5.41, 5.74) is 2.14. The third kappa shape index (κ3) is 4.83. The van der Waals surface area contributed by atoms with Crippen molar-refractivity contribution in [1.29, 1.82) is 0 Å². The van der Waals surface area contributed by atoms with Gasteiger partial charge in [0.15, 0.2) is 0 Å². The lowest BCUT2D eigenvalue weighted by Crippen LogP contribution is -2.22. The molecule has 0 bridgehead atoms. The summed E-state index contributed by atoms with van der Waals surface area (Å²) >= 11 is 0. The minimum absolute atomic E-state index is 0.140. The highest BCUT2D eigenvalue weighted by atomic mass is 16.5. The third-order valence-electron chi connectivity index (χ3n) is 3.11. The van der Waals surface area contributed by atoms with E-state index in [1.54, 1.807) is 14.2 Å². The summed E-state index contributed by atoms with van der Waals surface area (Å²) in [6.07, 6.45) is 0.363. The summed E-state index contributed by atoms with van der Waals surface area (Å²) in [5, 5.41) is 3.29. The molecule has 1 unspecified atom stereocenters. The van der Waals surface area contributed by atoms with Gasteiger partial charge < -0.3 is 19.5 Å². The number of esters is 1. The van der Waals surface area contributed by atoms with E-state index in [1.165, 1.54) is 7.11 Å². The van der Waals surface area contributed by atoms with Crippen LogP contribution < -0.4 is 10.1 Å². The Bertz CT molecular complexity index is 434. The van der Waals surface area contributed by atoms with Gasteiger partial charge in [-0.1, -0.05) is 6.07 Å². The van der Waals surface area contributed by atoms with E-state index >= 15 is 0 Å². The number of benzene rings is 1. The molecular weight excluding hydrogens is 258 g/mol. The number of carbonyl (C=O) groups is 1. The maximum Gasteiger partial charge on any atom is 0.306 e. The second-order valence-electron chi connectivity index (χ2n) is 4.51. The van der Waals surface area contributed by atoms with Gasteiger partial charge in [-0.25, -0.2) is 0 Å². The van der Waals surface area contributed by atoms with Gasteiger partial charge in [0.2, 0.25) is 0 Å². The highest BCUT2D eigenvalue weighted by Gasteiger charge is 2.10. The minimum Gasteiger partial charge on any atom is -0.496 e. The van der Waals surface area contributed by atoms with Crippen molar-refractivity contribution in [3.63, 3.8) is 0 Å². The quantitative estimate of drug-likeness (QED) is 0.739. The van der Waals surface area contributed by atoms with Crippen molar-refractivity contribution in [3.8, 4) is 5.75 Å². The number of hydrogen-bond donors (Lipinski definition) is 1. The number of hydrogen-bond acceptors (Lipinski definition) is 5. The predicted octanol–water partition coefficient (Wildman–Crippen LogP) is 2.06. The van der Waals surface area contributed by atoms with Gasteiger partial charge in [0.05, 0.1) is 27.2 Å². The lowest BCUT2D eigenvalue weighted by atomic mass is 10.0. The molecule has 0 aromatic heterocycles. The molecule has 1 aromatic carbocycles. The minimum atomic E-state index is -0.209. The van der Waals surface area contributed by atoms with Gasteiger partial charge >= 0.3 is 5.97 Å². The molecule has 5 nitrogen and oxygen atoms in total. The Kier molecular flexibility index (Phi) is 7.04. The Morgan fingerprint density at radius 3 is 2.65 bits per heavy atom. The summed E-state index contributed by atoms with van der Waals surface area (Å²) in [5.74, 6) is 0.608. The lowest BCUT2D eigenvalue weighted by Gasteiger charge is -2.16. The third-order valence-corrected chi connectivity index (χ3v) is 3.11. The van der Waals surface area contributed by atoms with Crippen LogP contribution in [-0.2, 0) is 20.9 Å². The molecule has 5 heteroatoms. The normalized spacial score (nSPS) is 12.0. The summed E-state index contributed by atoms with van der Waals surface area (Å²) in [6, 6.07) is 6.13. The molecule has 1 rings (SSSR count). The van der Waals surface area contributed by atoms with Crippen LogP contribution in [-0.4, -0.2) is 33.8 Å². The molecule has 0 heterocycles. The molecule has 0 aliphatic carbocycles. The summed E-state index contributed by atoms with van der Waals surface area (Å²) < 4.78 is 15.1. The van der Waals surface area contributed by atoms with Gasteiger partial charge in [-0.15, -0.1) is 0 Å². The van der Waals surface area contributed by atoms with E-state index in [0.29, 0.717) is 19.6 Å². The van der Waals surface area contributed by atoms with Crippen molar-refractivity contribution >= 4 is 5.97 Å². The molecule has 0 fully saturated rings. The van der Waals surface area contributed by atoms with Crippen LogP contribution in [0, 0.1) is 0 Å². The molecule has 0 radical (unpaired) electrons. The second-order valence-corrected chi connectivity index (χ2v) is 4.51. The zero-order valence-electron chi connectivity index (χ0n) is 12.6. The number of nitrogens with one attached hydrogen (secondary N) is 1. The van der Waals surface area contributed by atoms with Crippen LogP contribution in [0.25, 0.3) is 0 Å². The standard InChI is InChI=1S/C15H23NO4/c1-11(16-8-7-15(17)20-4)12-5-6-14(19-3)13(9-12)10-18-2/h5-6,9,11,16H,7-8,10H2,1-4H3. The Hall–Kier alpha value is -1.59. The van der Waals surface area contributed by atoms with Crippen LogP contribution in [0.5, 0.6) is 5.75 Å². The Morgan fingerprint density at radius 2 is 2.05 bits per heavy atom. The summed E-state index contributed by atoms with van der Waals surface area (Å²) in [6.45, 7) is 3.14. The van der Waals surface area contributed by atoms with Gasteiger partial charge in [-0.05, 0) is 24.6 Å². The van der Waals surface area contributed by atoms with Crippen LogP contribution in [0.3, 0.4) is 0 Å². The molecular formula is C15H23NO4. The van der Waals surface area contributed by atoms with Gasteiger partial charge in [0.1, 0.15) is 5.75 Å². The van der Waals surface area contributed by atoms with E-state index in [-0.39, 0.29) is 12.0 Å². The highest BCUT2D eigenvalue weighted by molar-refractivity contribution is 5.69. The van der Waals surface area contributed by atoms with Crippen molar-refractivity contribution in [2.24, 2.45) is 0 Å². The SMILES string of the molecule is COCc1cc(C(C)NCCC(=O)OC)ccc1OC. The van der Waals surface area contributed by atoms with Crippen molar-refractivity contribution in [2.75, 3.05) is 27.9 Å². The lowest BCUT2D eigenvalue weighted by molar-refractivity contribution is -0.140. The largest absolute Gasteiger partial charge is 0.496 e. The van der Waals surface area contributed by atoms with E-state index in [1.807, 2.05) is 12.1 Å². The number of carbonyl (C=O) groups excluding carboxylic acids is 1. The number of ether oxygens (including phenoxy) is 3. The molecule has 1 aromatic rings. The molecule has 0 amide bonds. The van der Waals surface area contributed by atoms with Crippen LogP contribution in [0.4, 0.5) is 0 Å². The predicted molar refractivity (Wildman–Crippen MR) is 76.8 cm³/mol. The average Bonchev–Trinajstić information content (AvgIpc) is 2.47. The monoisotopic (exact) mass is 281 g/mol. The highest BCUT2D eigenvalue weighted by Crippen LogP contribution is 2.23. The average molecular weight is 281 g/mol. The topological polar surface area (TPSA) is 56.8 Å². The van der Waals surface area contributed by atoms with Crippen LogP contribution in [0.15, 0.2) is 18.2 Å². The van der Waals surface area contributed by atoms with E-state index < -0.39 is 0 Å². The van der Waals surface area contributed by atoms with Crippen molar-refractivity contribution in [3.05, 3.63) is 29.3 Å². The van der Waals surface area contributed by atoms with Crippen LogP contribution >= 0.6 is 0 Å². The van der Waals surface area contributed by atoms with Gasteiger partial charge in [-0.2, -0.15) is 0 Å². The van der Waals surface area contributed by atoms with Crippen molar-refractivity contribution in [2.45, 2.75) is 26.0 Å². The molecule has 20 heavy (non-hydrogen) atoms. The van der Waals surface area contributed by atoms with Crippen molar-refractivity contribution < 1.29 is 19.0 Å². The fraction of sp³-hybridized carbons (Fsp3) is 0.533. The number of methoxy groups -OCH3 is 3. The molecule has 112 valence electrons. The number of rotatable bonds is 8. The molecule has 0 aliphatic rings. The Morgan fingerprint density at radius 1 is 1.30 bits per heavy atom. The molecule has 0 saturated carbocycles. The second kappa shape index (κ2) is 8.55. The van der Waals surface area contributed by atoms with E-state index in [2.05, 4.69) is 23.0 Å². The zero-order valence-corrected chi connectivity index (χ0v) is 12.6. The molecule has 0 spiro atoms. The summed E-state index contributed by atoms with van der Waals surface area (Å²) in [7, 11) is 4.70. The van der Waals surface area contributed by atoms with Gasteiger partial charge in [0.25, 0.3) is 0 Å². The van der Waals surface area contributed by atoms with E-state index in [4.69, 9.17) is 9.47 Å². The smallest absolute Gasteiger partial charge is 0.306 e. The van der Waals surface area contributed by atoms with Crippen LogP contribution in [0.2, 0.25) is 0 Å². The Labute approximate surface area is 120 Å². The van der Waals surface area contributed by atoms with Crippen molar-refractivity contribution in [1.82, 2.24) is 5.32 Å². The molecule has 1 atom stereocenters. The fourth-order valence-electron chi connectivity index (χ4n) is 1.95. The van der Waals surface area contributed by atoms with Crippen LogP contribution in [0.1, 0.15) is 30.5 Å². The molecule has 0 saturated heterocycles. The fourth-order valence-corrected chi connectivity index (χ4v) is 1.95. The molecule has 1 N–H and O–H groups in total. The first-order valence-corrected chi connectivity index (χ1v) is 6.58. The van der Waals surface area contributed by atoms with E-state index in [9.17, 15) is 4.79 Å². The maximum absolute atomic E-state index is 11.1. The van der Waals surface area contributed by atoms with Gasteiger partial charge in [0, 0.05) is 25.3 Å². The zero-order chi connectivity index (χ0) is 15.0. The Balaban J connectivity index is 2.65. The van der Waals surface area contributed by atoms with Gasteiger partial charge in [-0.3, -0.25) is 4.79 Å². The van der Waals surface area contributed by atoms with E-state index in [0.717, 1.165) is 16.9 Å². The first-order valence-electron chi connectivity index (χ1n) is 6.58. The maximum atomic E-state index is 11.1. The first-order chi connectivity index (χ1) is 9.62. The molecule has 0 aliphatic heterocycles. The summed E-state index contributed by atoms with van der Waals surface area (Å²) in [4.78, 5) is 11.1.